The normalized spacial score (nSPS) is 20.2. The van der Waals surface area contributed by atoms with Gasteiger partial charge in [0.1, 0.15) is 4.90 Å². The Hall–Kier alpha value is -2.26. The molecule has 1 aromatic heterocycles. The Labute approximate surface area is 146 Å². The number of aromatic nitrogens is 2. The van der Waals surface area contributed by atoms with E-state index in [0.29, 0.717) is 41.1 Å². The van der Waals surface area contributed by atoms with Crippen LogP contribution in [0.5, 0.6) is 0 Å². The van der Waals surface area contributed by atoms with E-state index in [0.717, 1.165) is 26.1 Å². The topological polar surface area (TPSA) is 91.9 Å². The van der Waals surface area contributed by atoms with Gasteiger partial charge >= 0.3 is 0 Å². The molecule has 2 aliphatic heterocycles. The molecule has 4 rings (SSSR count). The van der Waals surface area contributed by atoms with Crippen LogP contribution in [0.25, 0.3) is 0 Å². The Morgan fingerprint density at radius 1 is 1.16 bits per heavy atom. The van der Waals surface area contributed by atoms with Crippen LogP contribution in [0.15, 0.2) is 38.1 Å². The number of nitrogens with zero attached hydrogens (tertiary/aromatic N) is 5. The fourth-order valence-corrected chi connectivity index (χ4v) is 4.48. The molecule has 0 bridgehead atoms. The summed E-state index contributed by atoms with van der Waals surface area (Å²) in [5, 5.41) is 3.82. The van der Waals surface area contributed by atoms with Gasteiger partial charge in [-0.15, -0.1) is 4.40 Å². The van der Waals surface area contributed by atoms with E-state index >= 15 is 0 Å². The molecular formula is C16H19N5O3S. The van der Waals surface area contributed by atoms with Crippen molar-refractivity contribution in [1.82, 2.24) is 19.9 Å². The van der Waals surface area contributed by atoms with Gasteiger partial charge < -0.3 is 9.42 Å². The standard InChI is InChI=1S/C16H19N5O3S/c1-12-17-15(24-18-12)11-20-7-4-8-21(10-9-20)16-13-5-2-3-6-14(13)25(22,23)19-16/h2-3,5-6H,4,7-11H2,1H3. The molecule has 0 radical (unpaired) electrons. The molecule has 0 saturated carbocycles. The second-order valence-electron chi connectivity index (χ2n) is 6.24. The first-order chi connectivity index (χ1) is 12.0. The highest BCUT2D eigenvalue weighted by molar-refractivity contribution is 7.90. The molecular weight excluding hydrogens is 342 g/mol. The molecule has 1 aromatic carbocycles. The van der Waals surface area contributed by atoms with E-state index in [-0.39, 0.29) is 0 Å². The van der Waals surface area contributed by atoms with Crippen LogP contribution in [-0.2, 0) is 16.6 Å². The first-order valence-electron chi connectivity index (χ1n) is 8.24. The van der Waals surface area contributed by atoms with E-state index in [2.05, 4.69) is 24.3 Å². The summed E-state index contributed by atoms with van der Waals surface area (Å²) in [4.78, 5) is 8.84. The van der Waals surface area contributed by atoms with Gasteiger partial charge in [0.15, 0.2) is 11.7 Å². The monoisotopic (exact) mass is 361 g/mol. The maximum atomic E-state index is 12.2. The number of sulfonamides is 1. The third kappa shape index (κ3) is 3.16. The number of hydrogen-bond acceptors (Lipinski definition) is 7. The van der Waals surface area contributed by atoms with E-state index in [1.54, 1.807) is 19.1 Å². The maximum Gasteiger partial charge on any atom is 0.285 e. The highest BCUT2D eigenvalue weighted by atomic mass is 32.2. The van der Waals surface area contributed by atoms with Crippen LogP contribution in [0.2, 0.25) is 0 Å². The zero-order chi connectivity index (χ0) is 17.4. The molecule has 0 aliphatic carbocycles. The summed E-state index contributed by atoms with van der Waals surface area (Å²) in [6, 6.07) is 7.01. The lowest BCUT2D eigenvalue weighted by Crippen LogP contribution is -2.35. The van der Waals surface area contributed by atoms with Gasteiger partial charge in [-0.25, -0.2) is 0 Å². The van der Waals surface area contributed by atoms with Crippen molar-refractivity contribution in [2.45, 2.75) is 24.8 Å². The molecule has 0 spiro atoms. The van der Waals surface area contributed by atoms with E-state index in [4.69, 9.17) is 4.52 Å². The molecule has 1 saturated heterocycles. The molecule has 0 atom stereocenters. The predicted octanol–water partition coefficient (Wildman–Crippen LogP) is 1.03. The summed E-state index contributed by atoms with van der Waals surface area (Å²) in [5.74, 6) is 1.80. The van der Waals surface area contributed by atoms with Crippen LogP contribution < -0.4 is 0 Å². The van der Waals surface area contributed by atoms with Crippen LogP contribution in [0.3, 0.4) is 0 Å². The lowest BCUT2D eigenvalue weighted by molar-refractivity contribution is 0.235. The third-order valence-corrected chi connectivity index (χ3v) is 5.75. The van der Waals surface area contributed by atoms with Crippen molar-refractivity contribution < 1.29 is 12.9 Å². The van der Waals surface area contributed by atoms with Gasteiger partial charge in [-0.1, -0.05) is 17.3 Å². The Kier molecular flexibility index (Phi) is 4.04. The summed E-state index contributed by atoms with van der Waals surface area (Å²) in [6.45, 7) is 5.55. The van der Waals surface area contributed by atoms with Crippen LogP contribution in [0.1, 0.15) is 23.7 Å². The van der Waals surface area contributed by atoms with Crippen molar-refractivity contribution in [3.8, 4) is 0 Å². The second kappa shape index (κ2) is 6.23. The molecule has 9 heteroatoms. The van der Waals surface area contributed by atoms with Gasteiger partial charge in [-0.3, -0.25) is 4.90 Å². The van der Waals surface area contributed by atoms with Crippen LogP contribution in [0.4, 0.5) is 0 Å². The molecule has 0 unspecified atom stereocenters. The lowest BCUT2D eigenvalue weighted by Gasteiger charge is -2.22. The van der Waals surface area contributed by atoms with Crippen molar-refractivity contribution in [2.75, 3.05) is 26.2 Å². The van der Waals surface area contributed by atoms with Gasteiger partial charge in [0.2, 0.25) is 5.89 Å². The summed E-state index contributed by atoms with van der Waals surface area (Å²) >= 11 is 0. The minimum absolute atomic E-state index is 0.299. The Morgan fingerprint density at radius 2 is 2.00 bits per heavy atom. The predicted molar refractivity (Wildman–Crippen MR) is 90.7 cm³/mol. The third-order valence-electron chi connectivity index (χ3n) is 4.43. The van der Waals surface area contributed by atoms with E-state index in [9.17, 15) is 8.42 Å². The fraction of sp³-hybridized carbons (Fsp3) is 0.438. The highest BCUT2D eigenvalue weighted by Crippen LogP contribution is 2.27. The van der Waals surface area contributed by atoms with Gasteiger partial charge in [0.05, 0.1) is 6.54 Å². The number of amidine groups is 1. The molecule has 1 fully saturated rings. The average molecular weight is 361 g/mol. The molecule has 132 valence electrons. The molecule has 2 aliphatic rings. The largest absolute Gasteiger partial charge is 0.354 e. The Morgan fingerprint density at radius 3 is 2.80 bits per heavy atom. The summed E-state index contributed by atoms with van der Waals surface area (Å²) in [5.41, 5.74) is 0.698. The van der Waals surface area contributed by atoms with Crippen LogP contribution in [0, 0.1) is 6.92 Å². The van der Waals surface area contributed by atoms with Crippen LogP contribution >= 0.6 is 0 Å². The van der Waals surface area contributed by atoms with Crippen molar-refractivity contribution in [1.29, 1.82) is 0 Å². The van der Waals surface area contributed by atoms with Crippen molar-refractivity contribution >= 4 is 15.9 Å². The smallest absolute Gasteiger partial charge is 0.285 e. The SMILES string of the molecule is Cc1noc(CN2CCCN(C3=NS(=O)(=O)c4ccccc43)CC2)n1. The molecule has 0 N–H and O–H groups in total. The zero-order valence-corrected chi connectivity index (χ0v) is 14.7. The van der Waals surface area contributed by atoms with E-state index in [1.165, 1.54) is 0 Å². The van der Waals surface area contributed by atoms with E-state index in [1.807, 2.05) is 12.1 Å². The first kappa shape index (κ1) is 16.2. The molecule has 2 aromatic rings. The number of rotatable bonds is 2. The Bertz CT molecular complexity index is 921. The lowest BCUT2D eigenvalue weighted by atomic mass is 10.2. The minimum atomic E-state index is -3.58. The summed E-state index contributed by atoms with van der Waals surface area (Å²) in [6.07, 6.45) is 0.911. The minimum Gasteiger partial charge on any atom is -0.354 e. The molecule has 0 amide bonds. The number of benzene rings is 1. The van der Waals surface area contributed by atoms with Crippen molar-refractivity contribution in [3.05, 3.63) is 41.5 Å². The van der Waals surface area contributed by atoms with Gasteiger partial charge in [-0.2, -0.15) is 13.4 Å². The van der Waals surface area contributed by atoms with Crippen molar-refractivity contribution in [2.24, 2.45) is 4.40 Å². The first-order valence-corrected chi connectivity index (χ1v) is 9.68. The average Bonchev–Trinajstić information content (AvgIpc) is 3.01. The van der Waals surface area contributed by atoms with Crippen molar-refractivity contribution in [3.63, 3.8) is 0 Å². The quantitative estimate of drug-likeness (QED) is 0.789. The molecule has 8 nitrogen and oxygen atoms in total. The summed E-state index contributed by atoms with van der Waals surface area (Å²) < 4.78 is 33.7. The maximum absolute atomic E-state index is 12.2. The van der Waals surface area contributed by atoms with Gasteiger partial charge in [0, 0.05) is 31.7 Å². The number of aryl methyl sites for hydroxylation is 1. The van der Waals surface area contributed by atoms with Gasteiger partial charge in [-0.05, 0) is 25.5 Å². The van der Waals surface area contributed by atoms with E-state index < -0.39 is 10.0 Å². The molecule has 25 heavy (non-hydrogen) atoms. The molecule has 3 heterocycles. The Balaban J connectivity index is 1.50. The van der Waals surface area contributed by atoms with Gasteiger partial charge in [0.25, 0.3) is 10.0 Å². The number of fused-ring (bicyclic) bond motifs is 1. The van der Waals surface area contributed by atoms with Crippen LogP contribution in [-0.4, -0.2) is 60.4 Å². The second-order valence-corrected chi connectivity index (χ2v) is 7.81. The highest BCUT2D eigenvalue weighted by Gasteiger charge is 2.32. The summed E-state index contributed by atoms with van der Waals surface area (Å²) in [7, 11) is -3.58. The fourth-order valence-electron chi connectivity index (χ4n) is 3.25. The number of hydrogen-bond donors (Lipinski definition) is 0. The zero-order valence-electron chi connectivity index (χ0n) is 13.9.